The second-order valence-corrected chi connectivity index (χ2v) is 6.22. The molecular weight excluding hydrogens is 261 g/mol. The third-order valence-corrected chi connectivity index (χ3v) is 4.82. The molecule has 1 aliphatic rings. The van der Waals surface area contributed by atoms with Crippen LogP contribution in [-0.4, -0.2) is 17.5 Å². The Morgan fingerprint density at radius 2 is 2.25 bits per heavy atom. The number of hydrogen-bond acceptors (Lipinski definition) is 2. The predicted octanol–water partition coefficient (Wildman–Crippen LogP) is 3.62. The van der Waals surface area contributed by atoms with Crippen molar-refractivity contribution in [1.82, 2.24) is 0 Å². The van der Waals surface area contributed by atoms with Crippen molar-refractivity contribution >= 4 is 35.0 Å². The molecule has 1 nitrogen and oxygen atoms in total. The molecule has 1 heterocycles. The van der Waals surface area contributed by atoms with E-state index >= 15 is 0 Å². The Labute approximate surface area is 111 Å². The summed E-state index contributed by atoms with van der Waals surface area (Å²) in [6.45, 7) is 0. The van der Waals surface area contributed by atoms with Crippen LogP contribution in [0.5, 0.6) is 0 Å². The molecule has 1 aromatic rings. The second-order valence-electron chi connectivity index (χ2n) is 4.23. The number of hydrogen-bond donors (Lipinski definition) is 1. The maximum absolute atomic E-state index is 6.21. The highest BCUT2D eigenvalue weighted by Crippen LogP contribution is 2.28. The van der Waals surface area contributed by atoms with Gasteiger partial charge >= 0.3 is 0 Å². The van der Waals surface area contributed by atoms with Crippen LogP contribution in [0.1, 0.15) is 12.0 Å². The molecule has 0 spiro atoms. The summed E-state index contributed by atoms with van der Waals surface area (Å²) < 4.78 is 0. The van der Waals surface area contributed by atoms with Crippen molar-refractivity contribution in [2.45, 2.75) is 18.9 Å². The van der Waals surface area contributed by atoms with E-state index in [-0.39, 0.29) is 6.04 Å². The first-order valence-electron chi connectivity index (χ1n) is 5.44. The van der Waals surface area contributed by atoms with Gasteiger partial charge in [-0.15, -0.1) is 0 Å². The number of thioether (sulfide) groups is 1. The molecule has 0 bridgehead atoms. The van der Waals surface area contributed by atoms with E-state index in [0.717, 1.165) is 17.0 Å². The minimum atomic E-state index is 0.216. The highest BCUT2D eigenvalue weighted by molar-refractivity contribution is 7.99. The molecule has 2 unspecified atom stereocenters. The zero-order valence-electron chi connectivity index (χ0n) is 8.96. The van der Waals surface area contributed by atoms with Crippen LogP contribution in [0.15, 0.2) is 18.2 Å². The van der Waals surface area contributed by atoms with Crippen LogP contribution in [0.3, 0.4) is 0 Å². The Morgan fingerprint density at radius 1 is 1.44 bits per heavy atom. The van der Waals surface area contributed by atoms with E-state index in [9.17, 15) is 0 Å². The summed E-state index contributed by atoms with van der Waals surface area (Å²) in [5.74, 6) is 3.07. The van der Waals surface area contributed by atoms with E-state index in [2.05, 4.69) is 0 Å². The molecule has 88 valence electrons. The molecule has 4 heteroatoms. The molecule has 1 fully saturated rings. The monoisotopic (exact) mass is 275 g/mol. The van der Waals surface area contributed by atoms with Crippen LogP contribution in [-0.2, 0) is 6.42 Å². The van der Waals surface area contributed by atoms with Crippen LogP contribution in [0.2, 0.25) is 10.0 Å². The normalized spacial score (nSPS) is 22.3. The van der Waals surface area contributed by atoms with E-state index in [4.69, 9.17) is 28.9 Å². The minimum absolute atomic E-state index is 0.216. The van der Waals surface area contributed by atoms with Gasteiger partial charge in [-0.3, -0.25) is 0 Å². The minimum Gasteiger partial charge on any atom is -0.327 e. The lowest BCUT2D eigenvalue weighted by Crippen LogP contribution is -2.32. The van der Waals surface area contributed by atoms with Crippen LogP contribution in [0.25, 0.3) is 0 Å². The number of nitrogens with two attached hydrogens (primary N) is 1. The van der Waals surface area contributed by atoms with Crippen LogP contribution >= 0.6 is 35.0 Å². The van der Waals surface area contributed by atoms with Gasteiger partial charge in [0, 0.05) is 16.1 Å². The lowest BCUT2D eigenvalue weighted by atomic mass is 9.94. The molecule has 1 aliphatic heterocycles. The first-order valence-corrected chi connectivity index (χ1v) is 7.35. The predicted molar refractivity (Wildman–Crippen MR) is 73.6 cm³/mol. The first kappa shape index (κ1) is 12.6. The van der Waals surface area contributed by atoms with Gasteiger partial charge in [0.2, 0.25) is 0 Å². The van der Waals surface area contributed by atoms with Crippen molar-refractivity contribution in [3.8, 4) is 0 Å². The van der Waals surface area contributed by atoms with Gasteiger partial charge in [-0.1, -0.05) is 29.3 Å². The molecule has 1 aromatic carbocycles. The topological polar surface area (TPSA) is 26.0 Å². The molecule has 16 heavy (non-hydrogen) atoms. The largest absolute Gasteiger partial charge is 0.327 e. The molecule has 2 N–H and O–H groups in total. The summed E-state index contributed by atoms with van der Waals surface area (Å²) in [6.07, 6.45) is 2.08. The van der Waals surface area contributed by atoms with Crippen molar-refractivity contribution in [2.24, 2.45) is 11.7 Å². The van der Waals surface area contributed by atoms with Gasteiger partial charge in [-0.2, -0.15) is 11.8 Å². The fourth-order valence-corrected chi connectivity index (χ4v) is 3.84. The van der Waals surface area contributed by atoms with E-state index in [1.807, 2.05) is 23.9 Å². The highest BCUT2D eigenvalue weighted by Gasteiger charge is 2.23. The number of rotatable bonds is 3. The maximum Gasteiger partial charge on any atom is 0.0453 e. The average molecular weight is 276 g/mol. The fourth-order valence-electron chi connectivity index (χ4n) is 2.00. The summed E-state index contributed by atoms with van der Waals surface area (Å²) >= 11 is 14.0. The van der Waals surface area contributed by atoms with E-state index < -0.39 is 0 Å². The van der Waals surface area contributed by atoms with E-state index in [1.165, 1.54) is 17.9 Å². The molecule has 0 amide bonds. The average Bonchev–Trinajstić information content (AvgIpc) is 2.75. The second kappa shape index (κ2) is 5.63. The highest BCUT2D eigenvalue weighted by atomic mass is 35.5. The third kappa shape index (κ3) is 3.07. The summed E-state index contributed by atoms with van der Waals surface area (Å²) in [4.78, 5) is 0. The zero-order chi connectivity index (χ0) is 11.5. The molecule has 0 saturated carbocycles. The smallest absolute Gasteiger partial charge is 0.0453 e. The van der Waals surface area contributed by atoms with Gasteiger partial charge in [0.15, 0.2) is 0 Å². The van der Waals surface area contributed by atoms with Crippen molar-refractivity contribution in [3.63, 3.8) is 0 Å². The Hall–Kier alpha value is 0.110. The standard InChI is InChI=1S/C12H15Cl2NS/c13-10-2-1-8(11(14)6-10)5-12(15)9-3-4-16-7-9/h1-2,6,9,12H,3-5,7,15H2. The lowest BCUT2D eigenvalue weighted by molar-refractivity contribution is 0.463. The molecule has 0 aliphatic carbocycles. The van der Waals surface area contributed by atoms with Crippen LogP contribution < -0.4 is 5.73 Å². The van der Waals surface area contributed by atoms with Gasteiger partial charge in [-0.25, -0.2) is 0 Å². The quantitative estimate of drug-likeness (QED) is 0.912. The molecular formula is C12H15Cl2NS. The number of benzene rings is 1. The molecule has 1 saturated heterocycles. The molecule has 2 atom stereocenters. The van der Waals surface area contributed by atoms with Crippen LogP contribution in [0, 0.1) is 5.92 Å². The number of halogens is 2. The van der Waals surface area contributed by atoms with Gasteiger partial charge in [-0.05, 0) is 48.0 Å². The van der Waals surface area contributed by atoms with Gasteiger partial charge < -0.3 is 5.73 Å². The van der Waals surface area contributed by atoms with Gasteiger partial charge in [0.05, 0.1) is 0 Å². The SMILES string of the molecule is NC(Cc1ccc(Cl)cc1Cl)C1CCSC1. The van der Waals surface area contributed by atoms with Crippen LogP contribution in [0.4, 0.5) is 0 Å². The Bertz CT molecular complexity index is 364. The van der Waals surface area contributed by atoms with Gasteiger partial charge in [0.1, 0.15) is 0 Å². The molecule has 0 aromatic heterocycles. The fraction of sp³-hybridized carbons (Fsp3) is 0.500. The van der Waals surface area contributed by atoms with Crippen molar-refractivity contribution < 1.29 is 0 Å². The molecule has 2 rings (SSSR count). The van der Waals surface area contributed by atoms with Crippen molar-refractivity contribution in [1.29, 1.82) is 0 Å². The maximum atomic E-state index is 6.21. The zero-order valence-corrected chi connectivity index (χ0v) is 11.3. The Kier molecular flexibility index (Phi) is 4.42. The van der Waals surface area contributed by atoms with E-state index in [1.54, 1.807) is 6.07 Å². The summed E-state index contributed by atoms with van der Waals surface area (Å²) in [5, 5.41) is 1.41. The van der Waals surface area contributed by atoms with Gasteiger partial charge in [0.25, 0.3) is 0 Å². The van der Waals surface area contributed by atoms with Crippen molar-refractivity contribution in [3.05, 3.63) is 33.8 Å². The third-order valence-electron chi connectivity index (χ3n) is 3.04. The van der Waals surface area contributed by atoms with Crippen molar-refractivity contribution in [2.75, 3.05) is 11.5 Å². The Balaban J connectivity index is 2.02. The summed E-state index contributed by atoms with van der Waals surface area (Å²) in [6, 6.07) is 5.86. The summed E-state index contributed by atoms with van der Waals surface area (Å²) in [5.41, 5.74) is 7.32. The lowest BCUT2D eigenvalue weighted by Gasteiger charge is -2.18. The molecule has 0 radical (unpaired) electrons. The Morgan fingerprint density at radius 3 is 2.88 bits per heavy atom. The summed E-state index contributed by atoms with van der Waals surface area (Å²) in [7, 11) is 0. The van der Waals surface area contributed by atoms with E-state index in [0.29, 0.717) is 10.9 Å². The first-order chi connectivity index (χ1) is 7.66.